The van der Waals surface area contributed by atoms with E-state index in [1.807, 2.05) is 13.0 Å². The standard InChI is InChI=1S/C24H31Cl2N3O4S/c1-5-27-24(31)18(3)28(16-19-11-12-21(25)22(26)15-19)23(30)10-7-13-29(34(4,32)33)20-9-6-8-17(2)14-20/h6,8-9,11-12,14-15,18H,5,7,10,13,16H2,1-4H3,(H,27,31). The van der Waals surface area contributed by atoms with Gasteiger partial charge < -0.3 is 10.2 Å². The lowest BCUT2D eigenvalue weighted by atomic mass is 10.1. The monoisotopic (exact) mass is 527 g/mol. The van der Waals surface area contributed by atoms with Gasteiger partial charge in [0, 0.05) is 26.1 Å². The van der Waals surface area contributed by atoms with Crippen molar-refractivity contribution >= 4 is 50.7 Å². The van der Waals surface area contributed by atoms with Gasteiger partial charge in [0.2, 0.25) is 21.8 Å². The summed E-state index contributed by atoms with van der Waals surface area (Å²) in [6.07, 6.45) is 1.51. The molecule has 0 fully saturated rings. The van der Waals surface area contributed by atoms with Crippen molar-refractivity contribution in [2.75, 3.05) is 23.7 Å². The minimum atomic E-state index is -3.53. The van der Waals surface area contributed by atoms with Crippen LogP contribution in [0.5, 0.6) is 0 Å². The van der Waals surface area contributed by atoms with Crippen LogP contribution in [0.25, 0.3) is 0 Å². The van der Waals surface area contributed by atoms with Crippen LogP contribution in [0.15, 0.2) is 42.5 Å². The lowest BCUT2D eigenvalue weighted by Gasteiger charge is -2.29. The predicted molar refractivity (Wildman–Crippen MR) is 138 cm³/mol. The van der Waals surface area contributed by atoms with E-state index in [-0.39, 0.29) is 31.3 Å². The van der Waals surface area contributed by atoms with E-state index in [4.69, 9.17) is 23.2 Å². The lowest BCUT2D eigenvalue weighted by molar-refractivity contribution is -0.140. The summed E-state index contributed by atoms with van der Waals surface area (Å²) < 4.78 is 26.0. The SMILES string of the molecule is CCNC(=O)C(C)N(Cc1ccc(Cl)c(Cl)c1)C(=O)CCCN(c1cccc(C)c1)S(C)(=O)=O. The molecule has 0 aromatic heterocycles. The van der Waals surface area contributed by atoms with E-state index in [9.17, 15) is 18.0 Å². The second-order valence-electron chi connectivity index (χ2n) is 8.12. The fraction of sp³-hybridized carbons (Fsp3) is 0.417. The fourth-order valence-corrected chi connectivity index (χ4v) is 4.80. The number of amides is 2. The number of anilines is 1. The molecule has 0 aliphatic rings. The molecule has 2 aromatic carbocycles. The van der Waals surface area contributed by atoms with Crippen LogP contribution in [-0.2, 0) is 26.2 Å². The molecule has 2 rings (SSSR count). The van der Waals surface area contributed by atoms with E-state index in [2.05, 4.69) is 5.32 Å². The summed E-state index contributed by atoms with van der Waals surface area (Å²) in [5.41, 5.74) is 2.22. The first kappa shape index (κ1) is 28.0. The molecule has 0 saturated carbocycles. The zero-order chi connectivity index (χ0) is 25.5. The Hall–Kier alpha value is -2.29. The molecule has 186 valence electrons. The number of benzene rings is 2. The first-order valence-electron chi connectivity index (χ1n) is 11.0. The number of aryl methyl sites for hydroxylation is 1. The molecule has 0 saturated heterocycles. The van der Waals surface area contributed by atoms with Crippen molar-refractivity contribution in [2.24, 2.45) is 0 Å². The Morgan fingerprint density at radius 1 is 1.09 bits per heavy atom. The summed E-state index contributed by atoms with van der Waals surface area (Å²) in [4.78, 5) is 27.2. The van der Waals surface area contributed by atoms with Crippen molar-refractivity contribution in [3.8, 4) is 0 Å². The normalized spacial score (nSPS) is 12.2. The number of rotatable bonds is 11. The Bertz CT molecular complexity index is 1120. The van der Waals surface area contributed by atoms with Gasteiger partial charge in [0.1, 0.15) is 6.04 Å². The van der Waals surface area contributed by atoms with Crippen molar-refractivity contribution in [3.63, 3.8) is 0 Å². The summed E-state index contributed by atoms with van der Waals surface area (Å²) >= 11 is 12.1. The molecule has 0 spiro atoms. The minimum absolute atomic E-state index is 0.0723. The minimum Gasteiger partial charge on any atom is -0.355 e. The van der Waals surface area contributed by atoms with Gasteiger partial charge in [-0.3, -0.25) is 13.9 Å². The molecule has 0 radical (unpaired) electrons. The van der Waals surface area contributed by atoms with Gasteiger partial charge in [-0.2, -0.15) is 0 Å². The highest BCUT2D eigenvalue weighted by Gasteiger charge is 2.26. The molecule has 10 heteroatoms. The molecule has 2 amide bonds. The quantitative estimate of drug-likeness (QED) is 0.469. The van der Waals surface area contributed by atoms with Crippen molar-refractivity contribution in [1.29, 1.82) is 0 Å². The Kier molecular flexibility index (Phi) is 10.2. The highest BCUT2D eigenvalue weighted by atomic mass is 35.5. The smallest absolute Gasteiger partial charge is 0.242 e. The summed E-state index contributed by atoms with van der Waals surface area (Å²) in [6, 6.07) is 11.5. The highest BCUT2D eigenvalue weighted by molar-refractivity contribution is 7.92. The molecule has 0 bridgehead atoms. The van der Waals surface area contributed by atoms with Gasteiger partial charge in [0.25, 0.3) is 0 Å². The number of carbonyl (C=O) groups is 2. The Morgan fingerprint density at radius 2 is 1.79 bits per heavy atom. The lowest BCUT2D eigenvalue weighted by Crippen LogP contribution is -2.47. The van der Waals surface area contributed by atoms with E-state index in [1.54, 1.807) is 50.2 Å². The summed E-state index contributed by atoms with van der Waals surface area (Å²) in [5, 5.41) is 3.50. The first-order valence-corrected chi connectivity index (χ1v) is 13.6. The largest absolute Gasteiger partial charge is 0.355 e. The molecular formula is C24H31Cl2N3O4S. The van der Waals surface area contributed by atoms with E-state index < -0.39 is 16.1 Å². The van der Waals surface area contributed by atoms with Crippen LogP contribution in [-0.4, -0.2) is 50.5 Å². The van der Waals surface area contributed by atoms with Gasteiger partial charge in [-0.25, -0.2) is 8.42 Å². The van der Waals surface area contributed by atoms with Crippen molar-refractivity contribution in [3.05, 3.63) is 63.6 Å². The molecule has 1 atom stereocenters. The zero-order valence-corrected chi connectivity index (χ0v) is 22.2. The number of hydrogen-bond donors (Lipinski definition) is 1. The van der Waals surface area contributed by atoms with Crippen LogP contribution in [0.4, 0.5) is 5.69 Å². The zero-order valence-electron chi connectivity index (χ0n) is 19.8. The van der Waals surface area contributed by atoms with Crippen LogP contribution < -0.4 is 9.62 Å². The molecule has 1 N–H and O–H groups in total. The van der Waals surface area contributed by atoms with Crippen LogP contribution in [0.3, 0.4) is 0 Å². The van der Waals surface area contributed by atoms with E-state index in [0.29, 0.717) is 28.7 Å². The summed E-state index contributed by atoms with van der Waals surface area (Å²) in [7, 11) is -3.53. The summed E-state index contributed by atoms with van der Waals surface area (Å²) in [5.74, 6) is -0.532. The second-order valence-corrected chi connectivity index (χ2v) is 10.8. The van der Waals surface area contributed by atoms with Crippen LogP contribution in [0.2, 0.25) is 10.0 Å². The molecule has 0 aliphatic heterocycles. The summed E-state index contributed by atoms with van der Waals surface area (Å²) in [6.45, 7) is 6.11. The average Bonchev–Trinajstić information content (AvgIpc) is 2.76. The number of likely N-dealkylation sites (N-methyl/N-ethyl adjacent to an activating group) is 1. The number of nitrogens with zero attached hydrogens (tertiary/aromatic N) is 2. The van der Waals surface area contributed by atoms with Crippen molar-refractivity contribution in [1.82, 2.24) is 10.2 Å². The van der Waals surface area contributed by atoms with Crippen LogP contribution in [0, 0.1) is 6.92 Å². The van der Waals surface area contributed by atoms with E-state index in [0.717, 1.165) is 17.4 Å². The molecule has 2 aromatic rings. The van der Waals surface area contributed by atoms with Gasteiger partial charge in [0.05, 0.1) is 22.0 Å². The molecule has 0 heterocycles. The molecule has 7 nitrogen and oxygen atoms in total. The Morgan fingerprint density at radius 3 is 2.38 bits per heavy atom. The predicted octanol–water partition coefficient (Wildman–Crippen LogP) is 4.40. The molecule has 34 heavy (non-hydrogen) atoms. The maximum atomic E-state index is 13.2. The average molecular weight is 529 g/mol. The fourth-order valence-electron chi connectivity index (χ4n) is 3.53. The molecule has 0 aliphatic carbocycles. The number of nitrogens with one attached hydrogen (secondary N) is 1. The van der Waals surface area contributed by atoms with E-state index >= 15 is 0 Å². The van der Waals surface area contributed by atoms with Gasteiger partial charge in [-0.15, -0.1) is 0 Å². The van der Waals surface area contributed by atoms with Crippen LogP contribution in [0.1, 0.15) is 37.8 Å². The third kappa shape index (κ3) is 7.89. The number of carbonyl (C=O) groups excluding carboxylic acids is 2. The first-order chi connectivity index (χ1) is 15.9. The second kappa shape index (κ2) is 12.4. The van der Waals surface area contributed by atoms with Gasteiger partial charge in [0.15, 0.2) is 0 Å². The van der Waals surface area contributed by atoms with Crippen molar-refractivity contribution in [2.45, 2.75) is 46.2 Å². The Balaban J connectivity index is 2.18. The maximum Gasteiger partial charge on any atom is 0.242 e. The third-order valence-electron chi connectivity index (χ3n) is 5.30. The highest BCUT2D eigenvalue weighted by Crippen LogP contribution is 2.24. The number of hydrogen-bond acceptors (Lipinski definition) is 4. The Labute approximate surface area is 212 Å². The van der Waals surface area contributed by atoms with E-state index in [1.165, 1.54) is 9.21 Å². The maximum absolute atomic E-state index is 13.2. The van der Waals surface area contributed by atoms with Crippen LogP contribution >= 0.6 is 23.2 Å². The molecule has 1 unspecified atom stereocenters. The topological polar surface area (TPSA) is 86.8 Å². The third-order valence-corrected chi connectivity index (χ3v) is 7.23. The van der Waals surface area contributed by atoms with Gasteiger partial charge >= 0.3 is 0 Å². The van der Waals surface area contributed by atoms with Gasteiger partial charge in [-0.1, -0.05) is 41.4 Å². The van der Waals surface area contributed by atoms with Gasteiger partial charge in [-0.05, 0) is 62.6 Å². The number of sulfonamides is 1. The molecular weight excluding hydrogens is 497 g/mol. The van der Waals surface area contributed by atoms with Crippen molar-refractivity contribution < 1.29 is 18.0 Å². The number of halogens is 2.